The van der Waals surface area contributed by atoms with Crippen LogP contribution in [0.3, 0.4) is 0 Å². The third-order valence-electron chi connectivity index (χ3n) is 9.14. The van der Waals surface area contributed by atoms with Crippen LogP contribution >= 0.6 is 0 Å². The molecule has 1 rings (SSSR count). The number of unbranched alkanes of at least 4 members (excludes halogenated alkanes) is 11. The topological polar surface area (TPSA) is 135 Å². The van der Waals surface area contributed by atoms with E-state index in [-0.39, 0.29) is 19.2 Å². The van der Waals surface area contributed by atoms with E-state index in [1.54, 1.807) is 0 Å². The fourth-order valence-corrected chi connectivity index (χ4v) is 5.85. The second-order valence-corrected chi connectivity index (χ2v) is 14.1. The third kappa shape index (κ3) is 27.2. The number of allylic oxidation sites excluding steroid dienone is 12. The van der Waals surface area contributed by atoms with Crippen LogP contribution in [0.1, 0.15) is 142 Å². The van der Waals surface area contributed by atoms with Gasteiger partial charge in [-0.1, -0.05) is 145 Å². The second kappa shape index (κ2) is 36.3. The van der Waals surface area contributed by atoms with Crippen molar-refractivity contribution in [1.82, 2.24) is 0 Å². The Morgan fingerprint density at radius 1 is 0.611 bits per heavy atom. The van der Waals surface area contributed by atoms with Crippen LogP contribution < -0.4 is 0 Å². The molecular formula is C45H76O9. The summed E-state index contributed by atoms with van der Waals surface area (Å²) in [7, 11) is 0. The minimum absolute atomic E-state index is 0.122. The lowest BCUT2D eigenvalue weighted by atomic mass is 9.99. The molecule has 0 radical (unpaired) electrons. The van der Waals surface area contributed by atoms with Crippen molar-refractivity contribution in [2.24, 2.45) is 0 Å². The van der Waals surface area contributed by atoms with Crippen LogP contribution in [0.2, 0.25) is 0 Å². The number of ether oxygens (including phenoxy) is 4. The highest BCUT2D eigenvalue weighted by atomic mass is 16.7. The normalized spacial score (nSPS) is 21.6. The van der Waals surface area contributed by atoms with Gasteiger partial charge in [-0.2, -0.15) is 0 Å². The maximum Gasteiger partial charge on any atom is 0.306 e. The van der Waals surface area contributed by atoms with Gasteiger partial charge in [-0.3, -0.25) is 4.79 Å². The molecule has 6 atom stereocenters. The van der Waals surface area contributed by atoms with Gasteiger partial charge in [-0.15, -0.1) is 0 Å². The van der Waals surface area contributed by atoms with Crippen LogP contribution in [0, 0.1) is 0 Å². The molecule has 0 aromatic heterocycles. The Morgan fingerprint density at radius 3 is 1.70 bits per heavy atom. The summed E-state index contributed by atoms with van der Waals surface area (Å²) in [5.41, 5.74) is 0. The molecule has 0 aromatic rings. The molecule has 9 heteroatoms. The van der Waals surface area contributed by atoms with Crippen molar-refractivity contribution >= 4 is 5.97 Å². The molecule has 1 heterocycles. The molecule has 0 bridgehead atoms. The number of hydrogen-bond donors (Lipinski definition) is 4. The van der Waals surface area contributed by atoms with Crippen molar-refractivity contribution in [1.29, 1.82) is 0 Å². The molecule has 310 valence electrons. The first-order valence-corrected chi connectivity index (χ1v) is 21.0. The molecule has 0 aromatic carbocycles. The number of carbonyl (C=O) groups excluding carboxylic acids is 1. The SMILES string of the molecule is CC/C=C\C/C=C\C/C=C\C/C=C\C/C=C\C/C=C\CCCCCCCCCOCC(COC1OC(CO)C(O)C(O)C1O)OC(=O)CCCCCCC. The lowest BCUT2D eigenvalue weighted by Crippen LogP contribution is -2.59. The highest BCUT2D eigenvalue weighted by Gasteiger charge is 2.44. The Bertz CT molecular complexity index is 1050. The largest absolute Gasteiger partial charge is 0.457 e. The average Bonchev–Trinajstić information content (AvgIpc) is 3.17. The zero-order chi connectivity index (χ0) is 39.3. The average molecular weight is 761 g/mol. The van der Waals surface area contributed by atoms with Crippen LogP contribution in [0.25, 0.3) is 0 Å². The smallest absolute Gasteiger partial charge is 0.306 e. The fourth-order valence-electron chi connectivity index (χ4n) is 5.85. The van der Waals surface area contributed by atoms with E-state index in [1.165, 1.54) is 25.7 Å². The molecule has 1 aliphatic rings. The first-order chi connectivity index (χ1) is 26.4. The summed E-state index contributed by atoms with van der Waals surface area (Å²) in [5.74, 6) is -0.335. The standard InChI is InChI=1S/C45H76O9/c1-3-5-7-9-10-11-12-13-14-15-16-17-18-19-20-21-22-23-24-25-26-27-28-29-31-33-35-51-37-39(53-41(47)34-32-30-8-6-4-2)38-52-45-44(50)43(49)42(48)40(36-46)54-45/h5,7,10-11,13-14,16-17,19-20,22-23,39-40,42-46,48-50H,3-4,6,8-9,12,15,18,21,24-38H2,1-2H3/b7-5-,11-10-,14-13-,17-16-,20-19-,23-22-. The third-order valence-corrected chi connectivity index (χ3v) is 9.14. The Labute approximate surface area is 327 Å². The monoisotopic (exact) mass is 761 g/mol. The maximum absolute atomic E-state index is 12.5. The Morgan fingerprint density at radius 2 is 1.13 bits per heavy atom. The summed E-state index contributed by atoms with van der Waals surface area (Å²) < 4.78 is 22.6. The molecule has 0 saturated carbocycles. The van der Waals surface area contributed by atoms with Gasteiger partial charge < -0.3 is 39.4 Å². The Balaban J connectivity index is 2.15. The Hall–Kier alpha value is -2.37. The predicted octanol–water partition coefficient (Wildman–Crippen LogP) is 8.91. The van der Waals surface area contributed by atoms with Gasteiger partial charge in [-0.05, 0) is 64.2 Å². The summed E-state index contributed by atoms with van der Waals surface area (Å²) in [4.78, 5) is 12.5. The van der Waals surface area contributed by atoms with E-state index in [2.05, 4.69) is 86.8 Å². The van der Waals surface area contributed by atoms with Gasteiger partial charge in [0.15, 0.2) is 6.29 Å². The van der Waals surface area contributed by atoms with E-state index in [1.807, 2.05) is 0 Å². The van der Waals surface area contributed by atoms with Crippen molar-refractivity contribution in [2.75, 3.05) is 26.4 Å². The van der Waals surface area contributed by atoms with Crippen LogP contribution in [0.15, 0.2) is 72.9 Å². The minimum atomic E-state index is -1.54. The highest BCUT2D eigenvalue weighted by molar-refractivity contribution is 5.69. The van der Waals surface area contributed by atoms with Gasteiger partial charge in [0, 0.05) is 13.0 Å². The van der Waals surface area contributed by atoms with E-state index in [9.17, 15) is 25.2 Å². The minimum Gasteiger partial charge on any atom is -0.457 e. The number of carbonyl (C=O) groups is 1. The first-order valence-electron chi connectivity index (χ1n) is 21.0. The Kier molecular flexibility index (Phi) is 33.4. The second-order valence-electron chi connectivity index (χ2n) is 14.1. The van der Waals surface area contributed by atoms with Gasteiger partial charge in [-0.25, -0.2) is 0 Å². The van der Waals surface area contributed by atoms with E-state index >= 15 is 0 Å². The first kappa shape index (κ1) is 49.6. The number of aliphatic hydroxyl groups excluding tert-OH is 4. The molecule has 1 fully saturated rings. The van der Waals surface area contributed by atoms with Crippen molar-refractivity contribution in [3.05, 3.63) is 72.9 Å². The van der Waals surface area contributed by atoms with Gasteiger partial charge in [0.05, 0.1) is 19.8 Å². The zero-order valence-corrected chi connectivity index (χ0v) is 33.7. The summed E-state index contributed by atoms with van der Waals surface area (Å²) in [6, 6.07) is 0. The molecule has 6 unspecified atom stereocenters. The molecule has 0 amide bonds. The van der Waals surface area contributed by atoms with Crippen molar-refractivity contribution in [2.45, 2.75) is 179 Å². The van der Waals surface area contributed by atoms with Crippen LogP contribution in [0.5, 0.6) is 0 Å². The highest BCUT2D eigenvalue weighted by Crippen LogP contribution is 2.22. The fraction of sp³-hybridized carbons (Fsp3) is 0.711. The number of aliphatic hydroxyl groups is 4. The quantitative estimate of drug-likeness (QED) is 0.0288. The lowest BCUT2D eigenvalue weighted by molar-refractivity contribution is -0.305. The molecule has 4 N–H and O–H groups in total. The van der Waals surface area contributed by atoms with E-state index in [4.69, 9.17) is 18.9 Å². The molecule has 54 heavy (non-hydrogen) atoms. The van der Waals surface area contributed by atoms with E-state index in [0.717, 1.165) is 96.3 Å². The van der Waals surface area contributed by atoms with E-state index in [0.29, 0.717) is 13.0 Å². The van der Waals surface area contributed by atoms with Gasteiger partial charge in [0.2, 0.25) is 0 Å². The summed E-state index contributed by atoms with van der Waals surface area (Å²) >= 11 is 0. The van der Waals surface area contributed by atoms with Crippen molar-refractivity contribution in [3.8, 4) is 0 Å². The van der Waals surface area contributed by atoms with Crippen molar-refractivity contribution in [3.63, 3.8) is 0 Å². The van der Waals surface area contributed by atoms with Crippen LogP contribution in [-0.4, -0.2) is 89.6 Å². The maximum atomic E-state index is 12.5. The van der Waals surface area contributed by atoms with Gasteiger partial charge in [0.25, 0.3) is 0 Å². The lowest BCUT2D eigenvalue weighted by Gasteiger charge is -2.39. The predicted molar refractivity (Wildman–Crippen MR) is 219 cm³/mol. The molecular weight excluding hydrogens is 684 g/mol. The molecule has 9 nitrogen and oxygen atoms in total. The molecule has 1 saturated heterocycles. The number of hydrogen-bond acceptors (Lipinski definition) is 9. The zero-order valence-electron chi connectivity index (χ0n) is 33.7. The van der Waals surface area contributed by atoms with Gasteiger partial charge >= 0.3 is 5.97 Å². The summed E-state index contributed by atoms with van der Waals surface area (Å²) in [6.07, 6.45) is 39.8. The van der Waals surface area contributed by atoms with Crippen LogP contribution in [0.4, 0.5) is 0 Å². The van der Waals surface area contributed by atoms with Crippen molar-refractivity contribution < 1.29 is 44.2 Å². The molecule has 0 spiro atoms. The summed E-state index contributed by atoms with van der Waals surface area (Å²) in [6.45, 7) is 4.30. The summed E-state index contributed by atoms with van der Waals surface area (Å²) in [5, 5.41) is 39.8. The van der Waals surface area contributed by atoms with Gasteiger partial charge in [0.1, 0.15) is 30.5 Å². The molecule has 0 aliphatic carbocycles. The van der Waals surface area contributed by atoms with Crippen LogP contribution in [-0.2, 0) is 23.7 Å². The number of esters is 1. The molecule has 1 aliphatic heterocycles. The number of rotatable bonds is 34. The van der Waals surface area contributed by atoms with E-state index < -0.39 is 43.4 Å².